The van der Waals surface area contributed by atoms with E-state index in [4.69, 9.17) is 18.9 Å². The number of rotatable bonds is 9. The highest BCUT2D eigenvalue weighted by molar-refractivity contribution is 7.90. The van der Waals surface area contributed by atoms with Gasteiger partial charge in [-0.3, -0.25) is 14.6 Å². The van der Waals surface area contributed by atoms with Crippen LogP contribution in [0.15, 0.2) is 35.2 Å². The summed E-state index contributed by atoms with van der Waals surface area (Å²) in [5.41, 5.74) is 0.971. The van der Waals surface area contributed by atoms with Gasteiger partial charge in [0.15, 0.2) is 26.5 Å². The van der Waals surface area contributed by atoms with Crippen LogP contribution in [0.25, 0.3) is 10.2 Å². The second-order valence-corrected chi connectivity index (χ2v) is 11.2. The molecule has 0 bridgehead atoms. The predicted octanol–water partition coefficient (Wildman–Crippen LogP) is 2.70. The zero-order valence-corrected chi connectivity index (χ0v) is 22.3. The summed E-state index contributed by atoms with van der Waals surface area (Å²) in [5.74, 6) is 0.848. The number of benzene rings is 2. The molecule has 10 nitrogen and oxygen atoms in total. The van der Waals surface area contributed by atoms with Crippen LogP contribution in [0.1, 0.15) is 10.4 Å². The van der Waals surface area contributed by atoms with Gasteiger partial charge in [0, 0.05) is 38.0 Å². The Hall–Kier alpha value is -2.93. The van der Waals surface area contributed by atoms with Crippen molar-refractivity contribution in [3.8, 4) is 17.2 Å². The number of hydrogen-bond acceptors (Lipinski definition) is 10. The highest BCUT2D eigenvalue weighted by Crippen LogP contribution is 2.39. The number of sulfone groups is 1. The molecule has 0 radical (unpaired) electrons. The lowest BCUT2D eigenvalue weighted by Gasteiger charge is -2.29. The number of morpholine rings is 1. The van der Waals surface area contributed by atoms with Crippen molar-refractivity contribution in [3.63, 3.8) is 0 Å². The van der Waals surface area contributed by atoms with Gasteiger partial charge in [-0.05, 0) is 30.3 Å². The number of hydrogen-bond donors (Lipinski definition) is 0. The number of nitrogens with zero attached hydrogens (tertiary/aromatic N) is 3. The fourth-order valence-corrected chi connectivity index (χ4v) is 5.70. The maximum absolute atomic E-state index is 13.9. The van der Waals surface area contributed by atoms with Gasteiger partial charge in [-0.15, -0.1) is 0 Å². The SMILES string of the molecule is COc1cc(C(=O)N(CCN2CCOCC2)c2nc3ccc(S(C)(=O)=O)cc3s2)cc(OC)c1OC. The number of ether oxygens (including phenoxy) is 4. The standard InChI is InChI=1S/C24H29N3O7S2/c1-31-19-13-16(14-20(32-2)22(19)33-3)23(28)27(8-7-26-9-11-34-12-10-26)24-25-18-6-5-17(36(4,29)30)15-21(18)35-24/h5-6,13-15H,7-12H2,1-4H3. The minimum Gasteiger partial charge on any atom is -0.493 e. The van der Waals surface area contributed by atoms with Crippen LogP contribution in [0.2, 0.25) is 0 Å². The smallest absolute Gasteiger partial charge is 0.260 e. The number of carbonyl (C=O) groups is 1. The molecule has 1 aliphatic rings. The zero-order valence-electron chi connectivity index (χ0n) is 20.6. The Balaban J connectivity index is 1.74. The Labute approximate surface area is 214 Å². The van der Waals surface area contributed by atoms with Crippen LogP contribution in [0.5, 0.6) is 17.2 Å². The van der Waals surface area contributed by atoms with Gasteiger partial charge in [-0.25, -0.2) is 13.4 Å². The molecular weight excluding hydrogens is 506 g/mol. The third-order valence-electron chi connectivity index (χ3n) is 5.91. The predicted molar refractivity (Wildman–Crippen MR) is 138 cm³/mol. The number of anilines is 1. The van der Waals surface area contributed by atoms with Gasteiger partial charge in [0.1, 0.15) is 0 Å². The van der Waals surface area contributed by atoms with Crippen LogP contribution >= 0.6 is 11.3 Å². The lowest BCUT2D eigenvalue weighted by atomic mass is 10.1. The number of carbonyl (C=O) groups excluding carboxylic acids is 1. The zero-order chi connectivity index (χ0) is 25.9. The molecule has 0 atom stereocenters. The van der Waals surface area contributed by atoms with E-state index in [1.54, 1.807) is 29.2 Å². The van der Waals surface area contributed by atoms with Crippen molar-refractivity contribution in [2.24, 2.45) is 0 Å². The fraction of sp³-hybridized carbons (Fsp3) is 0.417. The van der Waals surface area contributed by atoms with E-state index in [0.29, 0.717) is 64.5 Å². The number of amides is 1. The lowest BCUT2D eigenvalue weighted by Crippen LogP contribution is -2.43. The summed E-state index contributed by atoms with van der Waals surface area (Å²) in [7, 11) is 1.12. The Morgan fingerprint density at radius 3 is 2.33 bits per heavy atom. The first kappa shape index (κ1) is 26.1. The number of thiazole rings is 1. The second kappa shape index (κ2) is 11.0. The Kier molecular flexibility index (Phi) is 7.98. The van der Waals surface area contributed by atoms with Crippen molar-refractivity contribution in [1.82, 2.24) is 9.88 Å². The van der Waals surface area contributed by atoms with Crippen LogP contribution in [0, 0.1) is 0 Å². The third kappa shape index (κ3) is 5.56. The summed E-state index contributed by atoms with van der Waals surface area (Å²) in [6, 6.07) is 8.01. The second-order valence-electron chi connectivity index (χ2n) is 8.22. The van der Waals surface area contributed by atoms with Crippen LogP contribution in [0.3, 0.4) is 0 Å². The average Bonchev–Trinajstić information content (AvgIpc) is 3.31. The minimum absolute atomic E-state index is 0.209. The molecule has 4 rings (SSSR count). The van der Waals surface area contributed by atoms with Crippen molar-refractivity contribution in [2.45, 2.75) is 4.90 Å². The first-order valence-corrected chi connectivity index (χ1v) is 14.0. The largest absolute Gasteiger partial charge is 0.493 e. The molecule has 0 unspecified atom stereocenters. The van der Waals surface area contributed by atoms with E-state index in [0.717, 1.165) is 13.1 Å². The number of methoxy groups -OCH3 is 3. The normalized spacial score (nSPS) is 14.6. The molecule has 3 aromatic rings. The fourth-order valence-electron chi connectivity index (χ4n) is 3.95. The molecule has 0 N–H and O–H groups in total. The molecule has 2 aromatic carbocycles. The molecule has 194 valence electrons. The van der Waals surface area contributed by atoms with Crippen molar-refractivity contribution in [3.05, 3.63) is 35.9 Å². The van der Waals surface area contributed by atoms with Crippen molar-refractivity contribution < 1.29 is 32.2 Å². The van der Waals surface area contributed by atoms with E-state index in [1.165, 1.54) is 45.0 Å². The first-order valence-electron chi connectivity index (χ1n) is 11.3. The molecule has 1 aliphatic heterocycles. The Morgan fingerprint density at radius 1 is 1.08 bits per heavy atom. The minimum atomic E-state index is -3.37. The van der Waals surface area contributed by atoms with Crippen molar-refractivity contribution in [1.29, 1.82) is 0 Å². The molecule has 36 heavy (non-hydrogen) atoms. The van der Waals surface area contributed by atoms with Crippen LogP contribution < -0.4 is 19.1 Å². The van der Waals surface area contributed by atoms with Crippen molar-refractivity contribution >= 4 is 42.4 Å². The van der Waals surface area contributed by atoms with E-state index >= 15 is 0 Å². The molecule has 1 amide bonds. The summed E-state index contributed by atoms with van der Waals surface area (Å²) in [6.45, 7) is 3.87. The van der Waals surface area contributed by atoms with Crippen LogP contribution in [-0.4, -0.2) is 91.2 Å². The summed E-state index contributed by atoms with van der Waals surface area (Å²) in [6.07, 6.45) is 1.17. The summed E-state index contributed by atoms with van der Waals surface area (Å²) < 4.78 is 46.4. The monoisotopic (exact) mass is 535 g/mol. The van der Waals surface area contributed by atoms with Crippen LogP contribution in [-0.2, 0) is 14.6 Å². The van der Waals surface area contributed by atoms with Gasteiger partial charge in [0.05, 0.1) is 49.7 Å². The maximum atomic E-state index is 13.9. The molecule has 0 spiro atoms. The van der Waals surface area contributed by atoms with Crippen LogP contribution in [0.4, 0.5) is 5.13 Å². The third-order valence-corrected chi connectivity index (χ3v) is 8.06. The number of fused-ring (bicyclic) bond motifs is 1. The molecule has 12 heteroatoms. The van der Waals surface area contributed by atoms with E-state index in [2.05, 4.69) is 9.88 Å². The highest BCUT2D eigenvalue weighted by Gasteiger charge is 2.26. The lowest BCUT2D eigenvalue weighted by molar-refractivity contribution is 0.0391. The van der Waals surface area contributed by atoms with E-state index < -0.39 is 9.84 Å². The van der Waals surface area contributed by atoms with Crippen molar-refractivity contribution in [2.75, 3.05) is 71.9 Å². The first-order chi connectivity index (χ1) is 17.2. The Morgan fingerprint density at radius 2 is 1.75 bits per heavy atom. The summed E-state index contributed by atoms with van der Waals surface area (Å²) >= 11 is 1.27. The maximum Gasteiger partial charge on any atom is 0.260 e. The van der Waals surface area contributed by atoms with E-state index in [9.17, 15) is 13.2 Å². The topological polar surface area (TPSA) is 108 Å². The van der Waals surface area contributed by atoms with Gasteiger partial charge in [0.2, 0.25) is 5.75 Å². The van der Waals surface area contributed by atoms with Gasteiger partial charge in [0.25, 0.3) is 5.91 Å². The highest BCUT2D eigenvalue weighted by atomic mass is 32.2. The quantitative estimate of drug-likeness (QED) is 0.409. The van der Waals surface area contributed by atoms with E-state index in [1.807, 2.05) is 0 Å². The van der Waals surface area contributed by atoms with Gasteiger partial charge in [-0.2, -0.15) is 0 Å². The van der Waals surface area contributed by atoms with Gasteiger partial charge < -0.3 is 18.9 Å². The summed E-state index contributed by atoms with van der Waals surface area (Å²) in [4.78, 5) is 22.6. The molecule has 1 aromatic heterocycles. The summed E-state index contributed by atoms with van der Waals surface area (Å²) in [5, 5.41) is 0.475. The van der Waals surface area contributed by atoms with E-state index in [-0.39, 0.29) is 10.8 Å². The molecule has 1 fully saturated rings. The Bertz CT molecular complexity index is 1330. The van der Waals surface area contributed by atoms with Gasteiger partial charge >= 0.3 is 0 Å². The number of aromatic nitrogens is 1. The molecule has 2 heterocycles. The average molecular weight is 536 g/mol. The molecular formula is C24H29N3O7S2. The molecule has 0 saturated carbocycles. The molecule has 0 aliphatic carbocycles. The molecule has 1 saturated heterocycles. The van der Waals surface area contributed by atoms with Gasteiger partial charge in [-0.1, -0.05) is 11.3 Å².